The van der Waals surface area contributed by atoms with E-state index in [0.29, 0.717) is 5.69 Å². The lowest BCUT2D eigenvalue weighted by Gasteiger charge is -2.04. The van der Waals surface area contributed by atoms with E-state index in [1.165, 1.54) is 0 Å². The standard InChI is InChI=1S/C7H7Br2NO.B/c8-5-1-4(3-11)7(10)6(9)2-5;/h1-2,11H,3,10H2;. The van der Waals surface area contributed by atoms with E-state index in [0.717, 1.165) is 14.5 Å². The molecule has 0 amide bonds. The molecule has 0 aliphatic carbocycles. The third-order valence-corrected chi connectivity index (χ3v) is 2.46. The van der Waals surface area contributed by atoms with Crippen molar-refractivity contribution in [3.8, 4) is 0 Å². The molecule has 0 aromatic heterocycles. The van der Waals surface area contributed by atoms with Gasteiger partial charge in [-0.15, -0.1) is 0 Å². The number of aliphatic hydroxyl groups excluding tert-OH is 1. The molecule has 5 heteroatoms. The predicted molar refractivity (Wildman–Crippen MR) is 57.9 cm³/mol. The molecule has 0 heterocycles. The maximum atomic E-state index is 8.85. The number of benzene rings is 1. The van der Waals surface area contributed by atoms with Gasteiger partial charge in [-0.3, -0.25) is 0 Å². The Morgan fingerprint density at radius 2 is 1.92 bits per heavy atom. The van der Waals surface area contributed by atoms with E-state index < -0.39 is 0 Å². The highest BCUT2D eigenvalue weighted by molar-refractivity contribution is 9.11. The third kappa shape index (κ3) is 2.50. The van der Waals surface area contributed by atoms with E-state index in [2.05, 4.69) is 31.9 Å². The zero-order valence-electron chi connectivity index (χ0n) is 6.22. The van der Waals surface area contributed by atoms with Crippen molar-refractivity contribution in [1.29, 1.82) is 0 Å². The molecule has 0 aliphatic rings. The Labute approximate surface area is 90.0 Å². The van der Waals surface area contributed by atoms with E-state index >= 15 is 0 Å². The van der Waals surface area contributed by atoms with Gasteiger partial charge in [-0.1, -0.05) is 15.9 Å². The molecule has 0 aliphatic heterocycles. The van der Waals surface area contributed by atoms with Gasteiger partial charge in [0.15, 0.2) is 0 Å². The van der Waals surface area contributed by atoms with Gasteiger partial charge < -0.3 is 10.8 Å². The number of hydrogen-bond acceptors (Lipinski definition) is 2. The molecule has 3 N–H and O–H groups in total. The quantitative estimate of drug-likeness (QED) is 0.613. The molecule has 0 saturated heterocycles. The zero-order valence-corrected chi connectivity index (χ0v) is 9.39. The fourth-order valence-corrected chi connectivity index (χ4v) is 2.08. The molecule has 1 aromatic rings. The highest BCUT2D eigenvalue weighted by Crippen LogP contribution is 2.27. The molecule has 0 unspecified atom stereocenters. The number of aliphatic hydroxyl groups is 1. The van der Waals surface area contributed by atoms with Crippen molar-refractivity contribution in [3.05, 3.63) is 26.6 Å². The van der Waals surface area contributed by atoms with Crippen LogP contribution in [0.15, 0.2) is 21.1 Å². The van der Waals surface area contributed by atoms with Crippen molar-refractivity contribution in [2.24, 2.45) is 0 Å². The van der Waals surface area contributed by atoms with Crippen molar-refractivity contribution in [2.45, 2.75) is 6.61 Å². The SMILES string of the molecule is Nc1c(Br)cc(Br)cc1CO.[B]. The Balaban J connectivity index is 0.00000121. The number of hydrogen-bond donors (Lipinski definition) is 2. The second-order valence-electron chi connectivity index (χ2n) is 2.12. The molecular formula is C7H7BBr2NO. The van der Waals surface area contributed by atoms with Gasteiger partial charge in [-0.2, -0.15) is 0 Å². The van der Waals surface area contributed by atoms with Crippen LogP contribution in [0.4, 0.5) is 5.69 Å². The average Bonchev–Trinajstić information content (AvgIpc) is 1.96. The first kappa shape index (κ1) is 12.0. The first-order valence-electron chi connectivity index (χ1n) is 2.99. The number of halogens is 2. The van der Waals surface area contributed by atoms with Crippen molar-refractivity contribution in [2.75, 3.05) is 5.73 Å². The molecule has 0 saturated carbocycles. The Bertz CT molecular complexity index is 280. The Hall–Kier alpha value is 0.00494. The molecule has 12 heavy (non-hydrogen) atoms. The highest BCUT2D eigenvalue weighted by Gasteiger charge is 2.03. The second-order valence-corrected chi connectivity index (χ2v) is 3.89. The van der Waals surface area contributed by atoms with Gasteiger partial charge in [0.1, 0.15) is 0 Å². The summed E-state index contributed by atoms with van der Waals surface area (Å²) in [5.41, 5.74) is 6.96. The maximum absolute atomic E-state index is 8.85. The van der Waals surface area contributed by atoms with Crippen LogP contribution in [0.1, 0.15) is 5.56 Å². The van der Waals surface area contributed by atoms with Crippen LogP contribution in [0.5, 0.6) is 0 Å². The topological polar surface area (TPSA) is 46.2 Å². The van der Waals surface area contributed by atoms with E-state index in [4.69, 9.17) is 10.8 Å². The van der Waals surface area contributed by atoms with Gasteiger partial charge >= 0.3 is 0 Å². The predicted octanol–water partition coefficient (Wildman–Crippen LogP) is 1.91. The lowest BCUT2D eigenvalue weighted by atomic mass is 10.2. The number of nitrogen functional groups attached to an aromatic ring is 1. The molecule has 0 spiro atoms. The summed E-state index contributed by atoms with van der Waals surface area (Å²) in [6, 6.07) is 3.63. The number of anilines is 1. The molecule has 0 atom stereocenters. The summed E-state index contributed by atoms with van der Waals surface area (Å²) in [6.07, 6.45) is 0. The maximum Gasteiger partial charge on any atom is 0.0702 e. The van der Waals surface area contributed by atoms with Crippen molar-refractivity contribution in [1.82, 2.24) is 0 Å². The summed E-state index contributed by atoms with van der Waals surface area (Å²) in [5.74, 6) is 0. The van der Waals surface area contributed by atoms with Gasteiger partial charge in [0.25, 0.3) is 0 Å². The Morgan fingerprint density at radius 1 is 1.33 bits per heavy atom. The molecule has 0 bridgehead atoms. The normalized spacial score (nSPS) is 9.25. The largest absolute Gasteiger partial charge is 0.398 e. The summed E-state index contributed by atoms with van der Waals surface area (Å²) in [6.45, 7) is -0.0378. The molecular weight excluding hydrogens is 285 g/mol. The minimum absolute atomic E-state index is 0. The van der Waals surface area contributed by atoms with Gasteiger partial charge in [0, 0.05) is 22.9 Å². The monoisotopic (exact) mass is 290 g/mol. The number of rotatable bonds is 1. The Morgan fingerprint density at radius 3 is 2.42 bits per heavy atom. The van der Waals surface area contributed by atoms with Crippen LogP contribution in [-0.4, -0.2) is 13.5 Å². The van der Waals surface area contributed by atoms with Crippen molar-refractivity contribution in [3.63, 3.8) is 0 Å². The van der Waals surface area contributed by atoms with Crippen LogP contribution in [0.2, 0.25) is 0 Å². The lowest BCUT2D eigenvalue weighted by Crippen LogP contribution is -1.95. The second kappa shape index (κ2) is 4.89. The zero-order chi connectivity index (χ0) is 8.43. The number of nitrogens with two attached hydrogens (primary N) is 1. The average molecular weight is 292 g/mol. The van der Waals surface area contributed by atoms with Crippen LogP contribution >= 0.6 is 31.9 Å². The molecule has 3 radical (unpaired) electrons. The summed E-state index contributed by atoms with van der Waals surface area (Å²) >= 11 is 6.56. The molecule has 63 valence electrons. The van der Waals surface area contributed by atoms with Gasteiger partial charge in [0.05, 0.1) is 12.3 Å². The van der Waals surface area contributed by atoms with E-state index in [1.807, 2.05) is 6.07 Å². The summed E-state index contributed by atoms with van der Waals surface area (Å²) in [5, 5.41) is 8.85. The van der Waals surface area contributed by atoms with Gasteiger partial charge in [0.2, 0.25) is 0 Å². The molecule has 1 rings (SSSR count). The van der Waals surface area contributed by atoms with Crippen LogP contribution < -0.4 is 5.73 Å². The molecule has 1 aromatic carbocycles. The summed E-state index contributed by atoms with van der Waals surface area (Å²) in [7, 11) is 0. The fraction of sp³-hybridized carbons (Fsp3) is 0.143. The fourth-order valence-electron chi connectivity index (χ4n) is 0.769. The van der Waals surface area contributed by atoms with Gasteiger partial charge in [-0.25, -0.2) is 0 Å². The van der Waals surface area contributed by atoms with Crippen LogP contribution in [0, 0.1) is 0 Å². The van der Waals surface area contributed by atoms with Crippen LogP contribution in [0.3, 0.4) is 0 Å². The Kier molecular flexibility index (Phi) is 4.89. The van der Waals surface area contributed by atoms with Gasteiger partial charge in [-0.05, 0) is 28.1 Å². The van der Waals surface area contributed by atoms with E-state index in [9.17, 15) is 0 Å². The van der Waals surface area contributed by atoms with Crippen molar-refractivity contribution >= 4 is 46.0 Å². The third-order valence-electron chi connectivity index (χ3n) is 1.35. The van der Waals surface area contributed by atoms with Crippen LogP contribution in [-0.2, 0) is 6.61 Å². The minimum atomic E-state index is -0.0378. The lowest BCUT2D eigenvalue weighted by molar-refractivity contribution is 0.282. The minimum Gasteiger partial charge on any atom is -0.398 e. The highest BCUT2D eigenvalue weighted by atomic mass is 79.9. The summed E-state index contributed by atoms with van der Waals surface area (Å²) in [4.78, 5) is 0. The summed E-state index contributed by atoms with van der Waals surface area (Å²) < 4.78 is 1.71. The van der Waals surface area contributed by atoms with E-state index in [-0.39, 0.29) is 15.0 Å². The molecule has 2 nitrogen and oxygen atoms in total. The smallest absolute Gasteiger partial charge is 0.0702 e. The molecule has 0 fully saturated rings. The van der Waals surface area contributed by atoms with Crippen molar-refractivity contribution < 1.29 is 5.11 Å². The first-order valence-corrected chi connectivity index (χ1v) is 4.58. The van der Waals surface area contributed by atoms with Crippen LogP contribution in [0.25, 0.3) is 0 Å². The first-order chi connectivity index (χ1) is 5.15. The van der Waals surface area contributed by atoms with E-state index in [1.54, 1.807) is 6.07 Å².